The van der Waals surface area contributed by atoms with E-state index in [1.54, 1.807) is 36.2 Å². The summed E-state index contributed by atoms with van der Waals surface area (Å²) < 4.78 is 26.3. The van der Waals surface area contributed by atoms with Crippen LogP contribution in [0.15, 0.2) is 97.1 Å². The molecule has 0 radical (unpaired) electrons. The van der Waals surface area contributed by atoms with E-state index in [9.17, 15) is 18.8 Å². The molecule has 236 valence electrons. The molecule has 4 aromatic rings. The van der Waals surface area contributed by atoms with E-state index in [2.05, 4.69) is 28.1 Å². The molecule has 3 atom stereocenters. The summed E-state index contributed by atoms with van der Waals surface area (Å²) in [5, 5.41) is 8.10. The van der Waals surface area contributed by atoms with E-state index in [0.29, 0.717) is 36.4 Å². The molecule has 0 aliphatic carbocycles. The van der Waals surface area contributed by atoms with Crippen LogP contribution in [0.2, 0.25) is 0 Å². The summed E-state index contributed by atoms with van der Waals surface area (Å²) in [6.45, 7) is 0.618. The SMILES string of the molecule is CN1C(=O)c2cc(NC(=O)Nc3ccccc3F)ccc2OC[C@H]2O[C@@H](CC(=O)NCc3ccc(-c4ccccc4)cc3)CC[C@@H]21. The molecule has 0 bridgehead atoms. The third-order valence-corrected chi connectivity index (χ3v) is 8.36. The average Bonchev–Trinajstić information content (AvgIpc) is 3.07. The molecular formula is C36H35FN4O5. The van der Waals surface area contributed by atoms with Crippen molar-refractivity contribution in [1.82, 2.24) is 10.2 Å². The van der Waals surface area contributed by atoms with Gasteiger partial charge in [0.1, 0.15) is 24.3 Å². The largest absolute Gasteiger partial charge is 0.490 e. The summed E-state index contributed by atoms with van der Waals surface area (Å²) in [6, 6.07) is 28.0. The van der Waals surface area contributed by atoms with E-state index in [0.717, 1.165) is 16.7 Å². The first-order valence-electron chi connectivity index (χ1n) is 15.3. The summed E-state index contributed by atoms with van der Waals surface area (Å²) in [5.41, 5.74) is 3.96. The Bertz CT molecular complexity index is 1720. The van der Waals surface area contributed by atoms with Crippen LogP contribution in [-0.4, -0.2) is 54.6 Å². The lowest BCUT2D eigenvalue weighted by molar-refractivity contribution is -0.134. The minimum atomic E-state index is -0.644. The quantitative estimate of drug-likeness (QED) is 0.227. The lowest BCUT2D eigenvalue weighted by atomic mass is 9.94. The van der Waals surface area contributed by atoms with Gasteiger partial charge in [0.25, 0.3) is 5.91 Å². The number of amides is 4. The zero-order valence-electron chi connectivity index (χ0n) is 25.4. The molecule has 1 fully saturated rings. The molecule has 9 nitrogen and oxygen atoms in total. The number of hydrogen-bond acceptors (Lipinski definition) is 5. The number of fused-ring (bicyclic) bond motifs is 2. The molecule has 1 saturated heterocycles. The number of anilines is 2. The standard InChI is InChI=1S/C36H35FN4O5/c1-41-31-17-16-27(20-34(42)38-21-23-11-13-25(14-12-23)24-7-3-2-4-8-24)46-33(31)22-45-32-18-15-26(19-28(32)35(41)43)39-36(44)40-30-10-6-5-9-29(30)37/h2-15,18-19,27,31,33H,16-17,20-22H2,1H3,(H,38,42)(H2,39,40,44)/t27-,31+,33-/m1/s1. The summed E-state index contributed by atoms with van der Waals surface area (Å²) >= 11 is 0. The average molecular weight is 623 g/mol. The molecule has 3 N–H and O–H groups in total. The van der Waals surface area contributed by atoms with Gasteiger partial charge in [0, 0.05) is 19.3 Å². The number of nitrogens with zero attached hydrogens (tertiary/aromatic N) is 1. The van der Waals surface area contributed by atoms with Crippen LogP contribution in [0.1, 0.15) is 35.2 Å². The fraction of sp³-hybridized carbons (Fsp3) is 0.250. The number of ether oxygens (including phenoxy) is 2. The molecule has 0 unspecified atom stereocenters. The van der Waals surface area contributed by atoms with Crippen molar-refractivity contribution in [2.75, 3.05) is 24.3 Å². The number of hydrogen-bond donors (Lipinski definition) is 3. The van der Waals surface area contributed by atoms with Gasteiger partial charge in [-0.2, -0.15) is 0 Å². The van der Waals surface area contributed by atoms with Crippen LogP contribution in [0.3, 0.4) is 0 Å². The number of para-hydroxylation sites is 1. The van der Waals surface area contributed by atoms with Crippen LogP contribution in [0.5, 0.6) is 5.75 Å². The Labute approximate surface area is 266 Å². The maximum absolute atomic E-state index is 13.9. The van der Waals surface area contributed by atoms with Crippen molar-refractivity contribution in [1.29, 1.82) is 0 Å². The van der Waals surface area contributed by atoms with Gasteiger partial charge < -0.3 is 30.3 Å². The second kappa shape index (κ2) is 13.8. The highest BCUT2D eigenvalue weighted by atomic mass is 19.1. The van der Waals surface area contributed by atoms with E-state index in [1.807, 2.05) is 42.5 Å². The van der Waals surface area contributed by atoms with E-state index in [-0.39, 0.29) is 42.7 Å². The second-order valence-electron chi connectivity index (χ2n) is 11.5. The summed E-state index contributed by atoms with van der Waals surface area (Å²) in [7, 11) is 1.72. The number of carbonyl (C=O) groups excluding carboxylic acids is 3. The predicted molar refractivity (Wildman–Crippen MR) is 173 cm³/mol. The van der Waals surface area contributed by atoms with Crippen LogP contribution in [0.4, 0.5) is 20.6 Å². The Morgan fingerprint density at radius 2 is 1.63 bits per heavy atom. The zero-order valence-corrected chi connectivity index (χ0v) is 25.4. The fourth-order valence-corrected chi connectivity index (χ4v) is 5.88. The molecule has 2 aliphatic heterocycles. The molecule has 46 heavy (non-hydrogen) atoms. The summed E-state index contributed by atoms with van der Waals surface area (Å²) in [5.74, 6) is -0.576. The van der Waals surface area contributed by atoms with Gasteiger partial charge in [-0.25, -0.2) is 9.18 Å². The molecule has 4 aromatic carbocycles. The Morgan fingerprint density at radius 3 is 2.41 bits per heavy atom. The van der Waals surface area contributed by atoms with Crippen LogP contribution < -0.4 is 20.7 Å². The molecule has 6 rings (SSSR count). The number of rotatable bonds is 7. The molecule has 4 amide bonds. The van der Waals surface area contributed by atoms with Gasteiger partial charge in [-0.05, 0) is 59.9 Å². The van der Waals surface area contributed by atoms with Crippen molar-refractivity contribution >= 4 is 29.2 Å². The Morgan fingerprint density at radius 1 is 0.891 bits per heavy atom. The normalized spacial score (nSPS) is 19.0. The zero-order chi connectivity index (χ0) is 32.0. The minimum Gasteiger partial charge on any atom is -0.490 e. The van der Waals surface area contributed by atoms with E-state index >= 15 is 0 Å². The summed E-state index contributed by atoms with van der Waals surface area (Å²) in [6.07, 6.45) is 0.760. The second-order valence-corrected chi connectivity index (χ2v) is 11.5. The fourth-order valence-electron chi connectivity index (χ4n) is 5.88. The molecule has 10 heteroatoms. The van der Waals surface area contributed by atoms with Crippen LogP contribution in [0, 0.1) is 5.82 Å². The van der Waals surface area contributed by atoms with Crippen molar-refractivity contribution in [3.05, 3.63) is 114 Å². The smallest absolute Gasteiger partial charge is 0.323 e. The third kappa shape index (κ3) is 7.18. The van der Waals surface area contributed by atoms with Gasteiger partial charge in [0.2, 0.25) is 5.91 Å². The third-order valence-electron chi connectivity index (χ3n) is 8.36. The van der Waals surface area contributed by atoms with Crippen molar-refractivity contribution < 1.29 is 28.2 Å². The Kier molecular flexibility index (Phi) is 9.25. The van der Waals surface area contributed by atoms with Gasteiger partial charge in [-0.1, -0.05) is 66.7 Å². The van der Waals surface area contributed by atoms with Crippen molar-refractivity contribution in [3.63, 3.8) is 0 Å². The number of urea groups is 1. The van der Waals surface area contributed by atoms with Gasteiger partial charge in [0.05, 0.1) is 29.8 Å². The van der Waals surface area contributed by atoms with E-state index < -0.39 is 18.0 Å². The number of halogens is 1. The van der Waals surface area contributed by atoms with Crippen molar-refractivity contribution in [3.8, 4) is 16.9 Å². The number of nitrogens with one attached hydrogen (secondary N) is 3. The Hall–Kier alpha value is -5.22. The van der Waals surface area contributed by atoms with Gasteiger partial charge in [-0.3, -0.25) is 9.59 Å². The highest BCUT2D eigenvalue weighted by Gasteiger charge is 2.39. The first-order chi connectivity index (χ1) is 22.3. The Balaban J connectivity index is 1.03. The number of carbonyl (C=O) groups is 3. The molecular weight excluding hydrogens is 587 g/mol. The van der Waals surface area contributed by atoms with Crippen molar-refractivity contribution in [2.45, 2.75) is 44.1 Å². The van der Waals surface area contributed by atoms with Crippen LogP contribution >= 0.6 is 0 Å². The molecule has 0 spiro atoms. The monoisotopic (exact) mass is 622 g/mol. The number of benzene rings is 4. The lowest BCUT2D eigenvalue weighted by Crippen LogP contribution is -2.53. The highest BCUT2D eigenvalue weighted by Crippen LogP contribution is 2.32. The van der Waals surface area contributed by atoms with Gasteiger partial charge in [-0.15, -0.1) is 0 Å². The molecule has 0 saturated carbocycles. The first-order valence-corrected chi connectivity index (χ1v) is 15.3. The van der Waals surface area contributed by atoms with E-state index in [4.69, 9.17) is 9.47 Å². The summed E-state index contributed by atoms with van der Waals surface area (Å²) in [4.78, 5) is 40.5. The maximum atomic E-state index is 13.9. The first kappa shape index (κ1) is 30.8. The predicted octanol–water partition coefficient (Wildman–Crippen LogP) is 6.22. The number of likely N-dealkylation sites (N-methyl/N-ethyl adjacent to an activating group) is 1. The van der Waals surface area contributed by atoms with E-state index in [1.165, 1.54) is 18.2 Å². The molecule has 2 heterocycles. The van der Waals surface area contributed by atoms with Crippen LogP contribution in [0.25, 0.3) is 11.1 Å². The molecule has 0 aromatic heterocycles. The maximum Gasteiger partial charge on any atom is 0.323 e. The van der Waals surface area contributed by atoms with Gasteiger partial charge >= 0.3 is 6.03 Å². The van der Waals surface area contributed by atoms with Gasteiger partial charge in [0.15, 0.2) is 0 Å². The van der Waals surface area contributed by atoms with Crippen LogP contribution in [-0.2, 0) is 16.1 Å². The highest BCUT2D eigenvalue weighted by molar-refractivity contribution is 6.02. The molecule has 2 aliphatic rings. The topological polar surface area (TPSA) is 109 Å². The lowest BCUT2D eigenvalue weighted by Gasteiger charge is -2.42. The minimum absolute atomic E-state index is 0.0401. The van der Waals surface area contributed by atoms with Crippen molar-refractivity contribution in [2.24, 2.45) is 0 Å².